The lowest BCUT2D eigenvalue weighted by Gasteiger charge is -2.26. The molecule has 10 heteroatoms. The van der Waals surface area contributed by atoms with Gasteiger partial charge in [0.1, 0.15) is 24.2 Å². The number of imide groups is 1. The van der Waals surface area contributed by atoms with Gasteiger partial charge in [-0.25, -0.2) is 14.9 Å². The van der Waals surface area contributed by atoms with E-state index in [2.05, 4.69) is 15.9 Å². The molecule has 2 aliphatic heterocycles. The lowest BCUT2D eigenvalue weighted by Crippen LogP contribution is -2.45. The van der Waals surface area contributed by atoms with Gasteiger partial charge in [0, 0.05) is 6.20 Å². The van der Waals surface area contributed by atoms with Gasteiger partial charge in [0.2, 0.25) is 0 Å². The van der Waals surface area contributed by atoms with Crippen LogP contribution < -0.4 is 4.90 Å². The van der Waals surface area contributed by atoms with Gasteiger partial charge in [-0.2, -0.15) is 0 Å². The van der Waals surface area contributed by atoms with Gasteiger partial charge >= 0.3 is 0 Å². The van der Waals surface area contributed by atoms with Gasteiger partial charge in [-0.3, -0.25) is 9.59 Å². The average Bonchev–Trinajstić information content (AvgIpc) is 3.41. The minimum atomic E-state index is -2.14. The number of hydrogen-bond donors (Lipinski definition) is 3. The van der Waals surface area contributed by atoms with Crippen LogP contribution in [0.5, 0.6) is 0 Å². The fraction of sp³-hybridized carbons (Fsp3) is 0.238. The van der Waals surface area contributed by atoms with Crippen molar-refractivity contribution < 1.29 is 29.6 Å². The monoisotopic (exact) mass is 420 g/mol. The van der Waals surface area contributed by atoms with Crippen molar-refractivity contribution >= 4 is 28.7 Å². The largest absolute Gasteiger partial charge is 0.394 e. The Morgan fingerprint density at radius 2 is 1.84 bits per heavy atom. The predicted molar refractivity (Wildman–Crippen MR) is 106 cm³/mol. The van der Waals surface area contributed by atoms with E-state index in [9.17, 15) is 24.9 Å². The minimum absolute atomic E-state index is 0.0662. The van der Waals surface area contributed by atoms with E-state index >= 15 is 0 Å². The summed E-state index contributed by atoms with van der Waals surface area (Å²) in [6.07, 6.45) is 4.20. The van der Waals surface area contributed by atoms with Gasteiger partial charge in [-0.05, 0) is 18.2 Å². The predicted octanol–water partition coefficient (Wildman–Crippen LogP) is -0.153. The van der Waals surface area contributed by atoms with E-state index in [0.717, 1.165) is 4.90 Å². The summed E-state index contributed by atoms with van der Waals surface area (Å²) >= 11 is 0. The molecule has 5 rings (SSSR count). The first-order chi connectivity index (χ1) is 14.9. The van der Waals surface area contributed by atoms with Crippen LogP contribution in [-0.4, -0.2) is 66.1 Å². The molecular weight excluding hydrogens is 404 g/mol. The molecule has 3 aromatic rings. The van der Waals surface area contributed by atoms with Crippen molar-refractivity contribution in [2.75, 3.05) is 11.5 Å². The van der Waals surface area contributed by atoms with Gasteiger partial charge < -0.3 is 24.6 Å². The zero-order valence-corrected chi connectivity index (χ0v) is 15.9. The molecule has 1 saturated heterocycles. The molecule has 0 radical (unpaired) electrons. The molecule has 2 aliphatic rings. The Hall–Kier alpha value is -3.62. The van der Waals surface area contributed by atoms with Gasteiger partial charge in [-0.15, -0.1) is 6.42 Å². The lowest BCUT2D eigenvalue weighted by molar-refractivity contribution is -0.0718. The molecule has 2 aromatic heterocycles. The molecule has 4 atom stereocenters. The summed E-state index contributed by atoms with van der Waals surface area (Å²) in [5.41, 5.74) is -1.38. The van der Waals surface area contributed by atoms with Crippen molar-refractivity contribution in [2.24, 2.45) is 0 Å². The molecule has 4 heterocycles. The van der Waals surface area contributed by atoms with Crippen LogP contribution >= 0.6 is 0 Å². The third kappa shape index (κ3) is 2.49. The maximum absolute atomic E-state index is 12.9. The summed E-state index contributed by atoms with van der Waals surface area (Å²) in [6.45, 7) is -0.559. The number of carbonyl (C=O) groups excluding carboxylic acids is 2. The number of hydrogen-bond acceptors (Lipinski definition) is 8. The molecular formula is C21H16N4O6. The smallest absolute Gasteiger partial charge is 0.267 e. The number of anilines is 1. The number of aliphatic hydroxyl groups is 3. The van der Waals surface area contributed by atoms with Gasteiger partial charge in [0.15, 0.2) is 17.6 Å². The first kappa shape index (κ1) is 19.3. The Balaban J connectivity index is 1.63. The van der Waals surface area contributed by atoms with Crippen molar-refractivity contribution in [1.29, 1.82) is 0 Å². The van der Waals surface area contributed by atoms with E-state index in [4.69, 9.17) is 11.2 Å². The number of fused-ring (bicyclic) bond motifs is 2. The molecule has 0 spiro atoms. The van der Waals surface area contributed by atoms with Crippen molar-refractivity contribution in [3.63, 3.8) is 0 Å². The zero-order valence-electron chi connectivity index (χ0n) is 15.9. The normalized spacial score (nSPS) is 27.7. The molecule has 1 aromatic carbocycles. The average molecular weight is 420 g/mol. The first-order valence-corrected chi connectivity index (χ1v) is 9.36. The minimum Gasteiger partial charge on any atom is -0.394 e. The van der Waals surface area contributed by atoms with E-state index in [0.29, 0.717) is 5.39 Å². The van der Waals surface area contributed by atoms with Crippen LogP contribution in [0, 0.1) is 12.3 Å². The summed E-state index contributed by atoms with van der Waals surface area (Å²) in [5.74, 6) is 1.18. The number of aliphatic hydroxyl groups excluding tert-OH is 2. The molecule has 0 unspecified atom stereocenters. The second kappa shape index (κ2) is 6.69. The fourth-order valence-electron chi connectivity index (χ4n) is 4.06. The second-order valence-corrected chi connectivity index (χ2v) is 7.27. The molecule has 156 valence electrons. The summed E-state index contributed by atoms with van der Waals surface area (Å²) in [6, 6.07) is 8.01. The number of aromatic nitrogens is 3. The zero-order chi connectivity index (χ0) is 21.9. The lowest BCUT2D eigenvalue weighted by atomic mass is 9.95. The third-order valence-corrected chi connectivity index (χ3v) is 5.64. The van der Waals surface area contributed by atoms with E-state index in [1.54, 1.807) is 30.3 Å². The number of rotatable bonds is 3. The molecule has 0 saturated carbocycles. The number of amides is 2. The molecule has 31 heavy (non-hydrogen) atoms. The highest BCUT2D eigenvalue weighted by molar-refractivity contribution is 6.35. The van der Waals surface area contributed by atoms with Crippen LogP contribution in [0.4, 0.5) is 5.82 Å². The van der Waals surface area contributed by atoms with Crippen LogP contribution in [0.3, 0.4) is 0 Å². The van der Waals surface area contributed by atoms with Gasteiger partial charge in [-0.1, -0.05) is 18.1 Å². The third-order valence-electron chi connectivity index (χ3n) is 5.64. The van der Waals surface area contributed by atoms with Crippen LogP contribution in [0.15, 0.2) is 42.9 Å². The molecule has 0 bridgehead atoms. The molecule has 3 N–H and O–H groups in total. The highest BCUT2D eigenvalue weighted by atomic mass is 16.6. The number of terminal acetylenes is 1. The molecule has 10 nitrogen and oxygen atoms in total. The van der Waals surface area contributed by atoms with Crippen molar-refractivity contribution in [3.05, 3.63) is 54.0 Å². The number of ether oxygens (including phenoxy) is 1. The van der Waals surface area contributed by atoms with Crippen molar-refractivity contribution in [2.45, 2.75) is 24.0 Å². The number of nitrogens with zero attached hydrogens (tertiary/aromatic N) is 4. The van der Waals surface area contributed by atoms with Gasteiger partial charge in [0.25, 0.3) is 11.8 Å². The van der Waals surface area contributed by atoms with Crippen LogP contribution in [0.1, 0.15) is 26.9 Å². The number of carbonyl (C=O) groups is 2. The topological polar surface area (TPSA) is 138 Å². The summed E-state index contributed by atoms with van der Waals surface area (Å²) in [4.78, 5) is 35.0. The van der Waals surface area contributed by atoms with Crippen LogP contribution in [0.2, 0.25) is 0 Å². The molecule has 0 aliphatic carbocycles. The standard InChI is InChI=1S/C21H16N4O6/c1-2-21(30)15(27)14(9-26)31-20(21)24-8-7-13-16(24)22-10-23-17(13)25-18(28)11-5-3-4-6-12(11)19(25)29/h1,3-8,10,14-15,20,26-27,30H,9H2/t14-,15-,20-,21-/m1/s1. The van der Waals surface area contributed by atoms with Crippen molar-refractivity contribution in [1.82, 2.24) is 14.5 Å². The van der Waals surface area contributed by atoms with E-state index in [1.165, 1.54) is 17.1 Å². The summed E-state index contributed by atoms with van der Waals surface area (Å²) in [5, 5.41) is 30.9. The number of benzene rings is 1. The van der Waals surface area contributed by atoms with E-state index in [-0.39, 0.29) is 22.6 Å². The van der Waals surface area contributed by atoms with Crippen LogP contribution in [0.25, 0.3) is 11.0 Å². The highest BCUT2D eigenvalue weighted by Crippen LogP contribution is 2.41. The summed E-state index contributed by atoms with van der Waals surface area (Å²) in [7, 11) is 0. The Bertz CT molecular complexity index is 1250. The van der Waals surface area contributed by atoms with E-state index in [1.807, 2.05) is 0 Å². The maximum atomic E-state index is 12.9. The summed E-state index contributed by atoms with van der Waals surface area (Å²) < 4.78 is 6.98. The Labute approximate surface area is 175 Å². The fourth-order valence-corrected chi connectivity index (χ4v) is 4.06. The van der Waals surface area contributed by atoms with Gasteiger partial charge in [0.05, 0.1) is 23.1 Å². The molecule has 1 fully saturated rings. The molecule has 2 amide bonds. The second-order valence-electron chi connectivity index (χ2n) is 7.27. The quantitative estimate of drug-likeness (QED) is 0.393. The Morgan fingerprint density at radius 3 is 2.45 bits per heavy atom. The SMILES string of the molecule is C#C[C@@]1(O)[C@H](O)[C@@H](CO)O[C@H]1n1ccc2c(N3C(=O)c4ccccc4C3=O)ncnc21. The van der Waals surface area contributed by atoms with E-state index < -0.39 is 42.5 Å². The maximum Gasteiger partial charge on any atom is 0.267 e. The van der Waals surface area contributed by atoms with Crippen molar-refractivity contribution in [3.8, 4) is 12.3 Å². The van der Waals surface area contributed by atoms with Crippen LogP contribution in [-0.2, 0) is 4.74 Å². The Kier molecular flexibility index (Phi) is 4.18. The first-order valence-electron chi connectivity index (χ1n) is 9.36. The Morgan fingerprint density at radius 1 is 1.16 bits per heavy atom. The highest BCUT2D eigenvalue weighted by Gasteiger charge is 2.55.